The van der Waals surface area contributed by atoms with Crippen molar-refractivity contribution < 1.29 is 4.79 Å². The fourth-order valence-electron chi connectivity index (χ4n) is 1.38. The van der Waals surface area contributed by atoms with Gasteiger partial charge in [0.2, 0.25) is 5.91 Å². The summed E-state index contributed by atoms with van der Waals surface area (Å²) in [5, 5.41) is 3.76. The largest absolute Gasteiger partial charge is 0.355 e. The van der Waals surface area contributed by atoms with Crippen molar-refractivity contribution in [3.8, 4) is 0 Å². The second-order valence-corrected chi connectivity index (χ2v) is 4.69. The molecule has 1 amide bonds. The van der Waals surface area contributed by atoms with Gasteiger partial charge in [-0.05, 0) is 12.1 Å². The maximum absolute atomic E-state index is 10.9. The van der Waals surface area contributed by atoms with Crippen LogP contribution < -0.4 is 5.32 Å². The molecule has 1 heterocycles. The van der Waals surface area contributed by atoms with E-state index in [2.05, 4.69) is 10.3 Å². The molecule has 0 fully saturated rings. The Morgan fingerprint density at radius 2 is 2.25 bits per heavy atom. The van der Waals surface area contributed by atoms with E-state index in [4.69, 9.17) is 11.6 Å². The third kappa shape index (κ3) is 2.71. The van der Waals surface area contributed by atoms with Crippen molar-refractivity contribution in [1.82, 2.24) is 10.3 Å². The Hall–Kier alpha value is -1.13. The molecule has 3 nitrogen and oxygen atoms in total. The summed E-state index contributed by atoms with van der Waals surface area (Å²) in [6, 6.07) is 8.02. The van der Waals surface area contributed by atoms with Crippen LogP contribution in [0.25, 0.3) is 10.2 Å². The van der Waals surface area contributed by atoms with Gasteiger partial charge in [0.15, 0.2) is 0 Å². The molecular weight excluding hydrogens is 244 g/mol. The number of amides is 1. The predicted octanol–water partition coefficient (Wildman–Crippen LogP) is 2.19. The van der Waals surface area contributed by atoms with E-state index in [1.165, 1.54) is 4.70 Å². The van der Waals surface area contributed by atoms with Gasteiger partial charge >= 0.3 is 0 Å². The van der Waals surface area contributed by atoms with Gasteiger partial charge in [-0.15, -0.1) is 22.9 Å². The van der Waals surface area contributed by atoms with Gasteiger partial charge in [-0.2, -0.15) is 0 Å². The summed E-state index contributed by atoms with van der Waals surface area (Å²) in [4.78, 5) is 15.4. The number of nitrogens with zero attached hydrogens (tertiary/aromatic N) is 1. The molecule has 0 saturated heterocycles. The van der Waals surface area contributed by atoms with Gasteiger partial charge in [-0.25, -0.2) is 4.98 Å². The number of aromatic nitrogens is 1. The maximum Gasteiger partial charge on any atom is 0.234 e. The molecule has 1 aromatic heterocycles. The van der Waals surface area contributed by atoms with Crippen molar-refractivity contribution in [1.29, 1.82) is 0 Å². The first-order valence-corrected chi connectivity index (χ1v) is 6.32. The molecule has 0 aliphatic carbocycles. The van der Waals surface area contributed by atoms with E-state index >= 15 is 0 Å². The number of thiazole rings is 1. The van der Waals surface area contributed by atoms with Gasteiger partial charge in [0.1, 0.15) is 5.88 Å². The summed E-state index contributed by atoms with van der Waals surface area (Å²) < 4.78 is 1.18. The fourth-order valence-corrected chi connectivity index (χ4v) is 2.44. The second-order valence-electron chi connectivity index (χ2n) is 3.31. The zero-order valence-corrected chi connectivity index (χ0v) is 10.1. The lowest BCUT2D eigenvalue weighted by atomic mass is 10.3. The molecule has 0 unspecified atom stereocenters. The number of hydrogen-bond acceptors (Lipinski definition) is 3. The number of nitrogens with one attached hydrogen (secondary N) is 1. The fraction of sp³-hybridized carbons (Fsp3) is 0.273. The summed E-state index contributed by atoms with van der Waals surface area (Å²) in [5.41, 5.74) is 1.02. The lowest BCUT2D eigenvalue weighted by molar-refractivity contribution is -0.118. The highest BCUT2D eigenvalue weighted by atomic mass is 35.5. The lowest BCUT2D eigenvalue weighted by Gasteiger charge is -1.99. The minimum Gasteiger partial charge on any atom is -0.355 e. The van der Waals surface area contributed by atoms with Gasteiger partial charge in [0.25, 0.3) is 0 Å². The van der Waals surface area contributed by atoms with Crippen LogP contribution in [-0.2, 0) is 11.2 Å². The van der Waals surface area contributed by atoms with Gasteiger partial charge in [-0.3, -0.25) is 4.79 Å². The van der Waals surface area contributed by atoms with Crippen LogP contribution in [0.5, 0.6) is 0 Å². The zero-order chi connectivity index (χ0) is 11.4. The molecule has 2 rings (SSSR count). The normalized spacial score (nSPS) is 10.6. The topological polar surface area (TPSA) is 42.0 Å². The Morgan fingerprint density at radius 3 is 3.00 bits per heavy atom. The molecule has 0 aliphatic heterocycles. The van der Waals surface area contributed by atoms with Gasteiger partial charge in [0.05, 0.1) is 15.2 Å². The number of halogens is 1. The summed E-state index contributed by atoms with van der Waals surface area (Å²) in [6.07, 6.45) is 0.752. The van der Waals surface area contributed by atoms with Crippen molar-refractivity contribution in [3.05, 3.63) is 29.3 Å². The van der Waals surface area contributed by atoms with Crippen LogP contribution in [0.15, 0.2) is 24.3 Å². The average molecular weight is 255 g/mol. The quantitative estimate of drug-likeness (QED) is 0.850. The smallest absolute Gasteiger partial charge is 0.234 e. The molecule has 0 aliphatic rings. The number of carbonyl (C=O) groups excluding carboxylic acids is 1. The van der Waals surface area contributed by atoms with E-state index in [0.717, 1.165) is 16.9 Å². The van der Waals surface area contributed by atoms with E-state index in [9.17, 15) is 4.79 Å². The SMILES string of the molecule is O=C(CCl)NCCc1nc2ccccc2s1. The van der Waals surface area contributed by atoms with Crippen molar-refractivity contribution in [3.63, 3.8) is 0 Å². The number of fused-ring (bicyclic) bond motifs is 1. The molecule has 5 heteroatoms. The van der Waals surface area contributed by atoms with Gasteiger partial charge < -0.3 is 5.32 Å². The lowest BCUT2D eigenvalue weighted by Crippen LogP contribution is -2.26. The molecule has 0 bridgehead atoms. The van der Waals surface area contributed by atoms with E-state index in [0.29, 0.717) is 6.54 Å². The third-order valence-corrected chi connectivity index (χ3v) is 3.46. The molecule has 0 atom stereocenters. The molecule has 0 spiro atoms. The molecule has 2 aromatic rings. The summed E-state index contributed by atoms with van der Waals surface area (Å²) >= 11 is 7.03. The van der Waals surface area contributed by atoms with Crippen LogP contribution in [0.4, 0.5) is 0 Å². The number of para-hydroxylation sites is 1. The second kappa shape index (κ2) is 5.27. The number of benzene rings is 1. The number of hydrogen-bond donors (Lipinski definition) is 1. The van der Waals surface area contributed by atoms with Crippen LogP contribution in [0.1, 0.15) is 5.01 Å². The van der Waals surface area contributed by atoms with E-state index < -0.39 is 0 Å². The van der Waals surface area contributed by atoms with E-state index in [1.54, 1.807) is 11.3 Å². The average Bonchev–Trinajstić information content (AvgIpc) is 2.71. The highest BCUT2D eigenvalue weighted by Crippen LogP contribution is 2.21. The standard InChI is InChI=1S/C11H11ClN2OS/c12-7-10(15)13-6-5-11-14-8-3-1-2-4-9(8)16-11/h1-4H,5-7H2,(H,13,15). The third-order valence-electron chi connectivity index (χ3n) is 2.12. The summed E-state index contributed by atoms with van der Waals surface area (Å²) in [5.74, 6) is -0.123. The first-order chi connectivity index (χ1) is 7.79. The van der Waals surface area contributed by atoms with Crippen LogP contribution in [-0.4, -0.2) is 23.3 Å². The molecule has 0 radical (unpaired) electrons. The molecule has 1 N–H and O–H groups in total. The van der Waals surface area contributed by atoms with Crippen molar-refractivity contribution >= 4 is 39.1 Å². The monoisotopic (exact) mass is 254 g/mol. The highest BCUT2D eigenvalue weighted by Gasteiger charge is 2.03. The molecule has 16 heavy (non-hydrogen) atoms. The Kier molecular flexibility index (Phi) is 3.74. The Labute approximate surface area is 102 Å². The van der Waals surface area contributed by atoms with Crippen molar-refractivity contribution in [2.75, 3.05) is 12.4 Å². The first-order valence-electron chi connectivity index (χ1n) is 4.96. The maximum atomic E-state index is 10.9. The molecule has 0 saturated carbocycles. The van der Waals surface area contributed by atoms with Crippen LogP contribution in [0.3, 0.4) is 0 Å². The molecular formula is C11H11ClN2OS. The van der Waals surface area contributed by atoms with Crippen molar-refractivity contribution in [2.45, 2.75) is 6.42 Å². The predicted molar refractivity (Wildman–Crippen MR) is 67.1 cm³/mol. The van der Waals surface area contributed by atoms with E-state index in [-0.39, 0.29) is 11.8 Å². The van der Waals surface area contributed by atoms with Gasteiger partial charge in [-0.1, -0.05) is 12.1 Å². The summed E-state index contributed by atoms with van der Waals surface area (Å²) in [7, 11) is 0. The number of alkyl halides is 1. The zero-order valence-electron chi connectivity index (χ0n) is 8.57. The Bertz CT molecular complexity index is 464. The highest BCUT2D eigenvalue weighted by molar-refractivity contribution is 7.18. The Balaban J connectivity index is 1.97. The van der Waals surface area contributed by atoms with Gasteiger partial charge in [0, 0.05) is 13.0 Å². The Morgan fingerprint density at radius 1 is 1.44 bits per heavy atom. The van der Waals surface area contributed by atoms with Crippen LogP contribution in [0, 0.1) is 0 Å². The van der Waals surface area contributed by atoms with Crippen LogP contribution in [0.2, 0.25) is 0 Å². The molecule has 1 aromatic carbocycles. The molecule has 84 valence electrons. The van der Waals surface area contributed by atoms with Crippen LogP contribution >= 0.6 is 22.9 Å². The van der Waals surface area contributed by atoms with E-state index in [1.807, 2.05) is 24.3 Å². The first kappa shape index (κ1) is 11.4. The van der Waals surface area contributed by atoms with Crippen molar-refractivity contribution in [2.24, 2.45) is 0 Å². The minimum absolute atomic E-state index is 0.0137. The minimum atomic E-state index is -0.136. The number of rotatable bonds is 4. The number of carbonyl (C=O) groups is 1. The summed E-state index contributed by atoms with van der Waals surface area (Å²) in [6.45, 7) is 0.589.